The van der Waals surface area contributed by atoms with Gasteiger partial charge in [-0.25, -0.2) is 0 Å². The van der Waals surface area contributed by atoms with Gasteiger partial charge in [0.05, 0.1) is 11.2 Å². The maximum atomic E-state index is 13.1. The minimum atomic E-state index is -2.46. The van der Waals surface area contributed by atoms with Gasteiger partial charge in [-0.3, -0.25) is 9.59 Å². The maximum absolute atomic E-state index is 13.1. The number of hydrogen-bond acceptors (Lipinski definition) is 5. The first-order chi connectivity index (χ1) is 27.7. The molecule has 0 aromatic heterocycles. The van der Waals surface area contributed by atoms with Crippen LogP contribution < -0.4 is 0 Å². The van der Waals surface area contributed by atoms with E-state index in [9.17, 15) is 19.8 Å². The molecule has 6 saturated carbocycles. The lowest BCUT2D eigenvalue weighted by Crippen LogP contribution is -2.66. The standard InChI is InChI=1S/C50H78Br4O5Si2/c1-41(2,27-47(57)23-21-45(7)35-17-19-43(5)33(13-15-39(43)55)31(35)25-37(51)49(45,53)29-47)60(9,10)59-61(11,12)42(3,4)28-48(58)24-22-46(8)36-18-20-44(6)34(14-16-40(44)56)32(36)26-38(52)50(46,54)30-48/h17-20,31-38,57-58H,13-16,21-30H2,1-12H3/t31?,32?,33?,34?,35?,36?,37?,38?,43-,44-,45+,46+,47-,48+,49?,50?/m0/s1. The van der Waals surface area contributed by atoms with Crippen molar-refractivity contribution >= 4 is 91.9 Å². The van der Waals surface area contributed by atoms with Crippen molar-refractivity contribution in [1.82, 2.24) is 0 Å². The lowest BCUT2D eigenvalue weighted by atomic mass is 9.45. The first-order valence-electron chi connectivity index (χ1n) is 24.0. The molecule has 61 heavy (non-hydrogen) atoms. The van der Waals surface area contributed by atoms with Gasteiger partial charge in [-0.15, -0.1) is 0 Å². The SMILES string of the molecule is CC(C)(C[C@@]1(O)CC[C@]2(C)C3C=C[C@]4(C)C(=O)CCC4C3CC(Br)C2(Br)C1)[Si](C)(C)O[Si](C)(C)C(C)(C)C[C@]1(O)CC[C@]2(C)C3C=C[C@]4(C)C(=O)CCC4C3CC(Br)C2(Br)C1. The number of carbonyl (C=O) groups is 2. The van der Waals surface area contributed by atoms with Gasteiger partial charge in [0.2, 0.25) is 0 Å². The summed E-state index contributed by atoms with van der Waals surface area (Å²) >= 11 is 17.3. The van der Waals surface area contributed by atoms with Gasteiger partial charge in [0, 0.05) is 42.0 Å². The number of alkyl halides is 4. The quantitative estimate of drug-likeness (QED) is 0.144. The van der Waals surface area contributed by atoms with Crippen molar-refractivity contribution in [2.24, 2.45) is 57.2 Å². The molecular formula is C50H78Br4O5Si2. The van der Waals surface area contributed by atoms with Crippen molar-refractivity contribution in [2.45, 2.75) is 211 Å². The highest BCUT2D eigenvalue weighted by Gasteiger charge is 2.70. The third-order valence-electron chi connectivity index (χ3n) is 21.4. The highest BCUT2D eigenvalue weighted by molar-refractivity contribution is 9.13. The molecule has 0 radical (unpaired) electrons. The molecule has 8 rings (SSSR count). The summed E-state index contributed by atoms with van der Waals surface area (Å²) in [6.07, 6.45) is 21.0. The fourth-order valence-corrected chi connectivity index (χ4v) is 29.6. The summed E-state index contributed by atoms with van der Waals surface area (Å²) in [5.74, 6) is 3.32. The molecule has 5 nitrogen and oxygen atoms in total. The van der Waals surface area contributed by atoms with Gasteiger partial charge in [-0.05, 0) is 173 Å². The summed E-state index contributed by atoms with van der Waals surface area (Å²) in [6, 6.07) is 0. The summed E-state index contributed by atoms with van der Waals surface area (Å²) in [5, 5.41) is 25.3. The third kappa shape index (κ3) is 6.95. The van der Waals surface area contributed by atoms with Crippen LogP contribution in [0.3, 0.4) is 0 Å². The molecular weight excluding hydrogens is 1060 g/mol. The van der Waals surface area contributed by atoms with Crippen molar-refractivity contribution < 1.29 is 23.9 Å². The lowest BCUT2D eigenvalue weighted by Gasteiger charge is -2.66. The van der Waals surface area contributed by atoms with Gasteiger partial charge in [-0.2, -0.15) is 0 Å². The van der Waals surface area contributed by atoms with Crippen LogP contribution in [0.2, 0.25) is 36.3 Å². The third-order valence-corrected chi connectivity index (χ3v) is 39.4. The predicted molar refractivity (Wildman–Crippen MR) is 269 cm³/mol. The average molecular weight is 1130 g/mol. The monoisotopic (exact) mass is 1130 g/mol. The zero-order valence-electron chi connectivity index (χ0n) is 39.5. The fourth-order valence-electron chi connectivity index (χ4n) is 16.2. The molecule has 0 aromatic rings. The van der Waals surface area contributed by atoms with E-state index in [1.807, 2.05) is 0 Å². The van der Waals surface area contributed by atoms with Gasteiger partial charge < -0.3 is 14.3 Å². The molecule has 0 spiro atoms. The predicted octanol–water partition coefficient (Wildman–Crippen LogP) is 13.8. The summed E-state index contributed by atoms with van der Waals surface area (Å²) in [5.41, 5.74) is -2.42. The van der Waals surface area contributed by atoms with Crippen LogP contribution in [0.4, 0.5) is 0 Å². The second-order valence-electron chi connectivity index (χ2n) is 25.8. The van der Waals surface area contributed by atoms with Crippen LogP contribution in [0.15, 0.2) is 24.3 Å². The van der Waals surface area contributed by atoms with Crippen LogP contribution in [0, 0.1) is 57.2 Å². The zero-order chi connectivity index (χ0) is 45.2. The number of carbonyl (C=O) groups excluding carboxylic acids is 2. The molecule has 6 fully saturated rings. The normalized spacial score (nSPS) is 51.0. The largest absolute Gasteiger partial charge is 0.455 e. The minimum Gasteiger partial charge on any atom is -0.455 e. The van der Waals surface area contributed by atoms with E-state index in [-0.39, 0.29) is 50.0 Å². The molecule has 8 aliphatic carbocycles. The number of halogens is 4. The lowest BCUT2D eigenvalue weighted by molar-refractivity contribution is -0.129. The van der Waals surface area contributed by atoms with Gasteiger partial charge in [0.1, 0.15) is 11.6 Å². The Morgan fingerprint density at radius 3 is 1.34 bits per heavy atom. The molecule has 0 amide bonds. The van der Waals surface area contributed by atoms with E-state index < -0.39 is 27.8 Å². The van der Waals surface area contributed by atoms with Crippen LogP contribution in [-0.4, -0.2) is 67.9 Å². The average Bonchev–Trinajstić information content (AvgIpc) is 3.60. The Labute approximate surface area is 405 Å². The first-order valence-corrected chi connectivity index (χ1v) is 33.2. The van der Waals surface area contributed by atoms with E-state index in [0.717, 1.165) is 51.4 Å². The van der Waals surface area contributed by atoms with E-state index in [1.165, 1.54) is 0 Å². The second-order valence-corrected chi connectivity index (χ2v) is 40.4. The highest BCUT2D eigenvalue weighted by Crippen LogP contribution is 2.72. The Balaban J connectivity index is 0.964. The Kier molecular flexibility index (Phi) is 11.8. The second kappa shape index (κ2) is 14.8. The molecule has 16 atom stereocenters. The fraction of sp³-hybridized carbons (Fsp3) is 0.880. The number of hydrogen-bond donors (Lipinski definition) is 2. The van der Waals surface area contributed by atoms with Crippen molar-refractivity contribution in [3.05, 3.63) is 24.3 Å². The highest BCUT2D eigenvalue weighted by atomic mass is 79.9. The van der Waals surface area contributed by atoms with Crippen LogP contribution in [0.1, 0.15) is 145 Å². The van der Waals surface area contributed by atoms with Crippen molar-refractivity contribution in [1.29, 1.82) is 0 Å². The molecule has 0 heterocycles. The molecule has 10 unspecified atom stereocenters. The molecule has 0 aromatic carbocycles. The number of ketones is 2. The van der Waals surface area contributed by atoms with E-state index in [4.69, 9.17) is 4.12 Å². The van der Waals surface area contributed by atoms with Crippen molar-refractivity contribution in [3.63, 3.8) is 0 Å². The number of rotatable bonds is 8. The minimum absolute atomic E-state index is 0.0457. The summed E-state index contributed by atoms with van der Waals surface area (Å²) in [4.78, 5) is 26.6. The van der Waals surface area contributed by atoms with E-state index in [2.05, 4.69) is 170 Å². The van der Waals surface area contributed by atoms with Gasteiger partial charge in [-0.1, -0.05) is 130 Å². The summed E-state index contributed by atoms with van der Waals surface area (Å²) in [7, 11) is -4.93. The summed E-state index contributed by atoms with van der Waals surface area (Å²) in [6.45, 7) is 28.2. The van der Waals surface area contributed by atoms with Crippen LogP contribution in [-0.2, 0) is 13.7 Å². The number of fused-ring (bicyclic) bond motifs is 10. The number of allylic oxidation sites excluding steroid dienone is 4. The van der Waals surface area contributed by atoms with Gasteiger partial charge in [0.15, 0.2) is 16.6 Å². The number of aliphatic hydroxyl groups is 2. The topological polar surface area (TPSA) is 83.8 Å². The van der Waals surface area contributed by atoms with Crippen LogP contribution in [0.25, 0.3) is 0 Å². The summed E-state index contributed by atoms with van der Waals surface area (Å²) < 4.78 is 7.12. The molecule has 11 heteroatoms. The van der Waals surface area contributed by atoms with Gasteiger partial charge in [0.25, 0.3) is 0 Å². The van der Waals surface area contributed by atoms with Crippen LogP contribution in [0.5, 0.6) is 0 Å². The van der Waals surface area contributed by atoms with E-state index in [0.29, 0.717) is 85.6 Å². The molecule has 0 saturated heterocycles. The van der Waals surface area contributed by atoms with Crippen molar-refractivity contribution in [2.75, 3.05) is 0 Å². The molecule has 0 aliphatic heterocycles. The zero-order valence-corrected chi connectivity index (χ0v) is 47.8. The molecule has 0 bridgehead atoms. The number of Topliss-reactive ketones (excluding diaryl/α,β-unsaturated/α-hetero) is 2. The Morgan fingerprint density at radius 1 is 0.656 bits per heavy atom. The molecule has 344 valence electrons. The smallest absolute Gasteiger partial charge is 0.179 e. The Bertz CT molecular complexity index is 1770. The molecule has 2 N–H and O–H groups in total. The van der Waals surface area contributed by atoms with Gasteiger partial charge >= 0.3 is 0 Å². The van der Waals surface area contributed by atoms with E-state index in [1.54, 1.807) is 0 Å². The molecule has 8 aliphatic rings. The first kappa shape index (κ1) is 48.5. The van der Waals surface area contributed by atoms with Crippen LogP contribution >= 0.6 is 63.7 Å². The Hall–Kier alpha value is 1.05. The van der Waals surface area contributed by atoms with E-state index >= 15 is 0 Å². The van der Waals surface area contributed by atoms with Crippen molar-refractivity contribution in [3.8, 4) is 0 Å². The Morgan fingerprint density at radius 2 is 1.00 bits per heavy atom. The maximum Gasteiger partial charge on any atom is 0.179 e.